The van der Waals surface area contributed by atoms with Crippen molar-refractivity contribution >= 4 is 11.8 Å². The van der Waals surface area contributed by atoms with Crippen LogP contribution in [-0.4, -0.2) is 16.3 Å². The summed E-state index contributed by atoms with van der Waals surface area (Å²) >= 11 is 2.02. The highest BCUT2D eigenvalue weighted by Gasteiger charge is 2.37. The summed E-state index contributed by atoms with van der Waals surface area (Å²) in [5.74, 6) is 2.40. The normalized spacial score (nSPS) is 21.6. The minimum Gasteiger partial charge on any atom is -0.325 e. The molecule has 2 heterocycles. The fourth-order valence-electron chi connectivity index (χ4n) is 2.39. The van der Waals surface area contributed by atoms with E-state index in [2.05, 4.69) is 11.2 Å². The van der Waals surface area contributed by atoms with Crippen molar-refractivity contribution in [3.63, 3.8) is 0 Å². The Morgan fingerprint density at radius 2 is 2.25 bits per heavy atom. The van der Waals surface area contributed by atoms with Gasteiger partial charge in [-0.2, -0.15) is 11.8 Å². The van der Waals surface area contributed by atoms with Crippen LogP contribution in [0.3, 0.4) is 0 Å². The largest absolute Gasteiger partial charge is 0.325 e. The maximum absolute atomic E-state index is 6.15. The molecule has 1 aliphatic carbocycles. The molecule has 1 aromatic rings. The first-order valence-corrected chi connectivity index (χ1v) is 7.24. The molecule has 0 unspecified atom stereocenters. The SMILES string of the molecule is NC1(CCc2cncc3c2CCSC3)CC1. The van der Waals surface area contributed by atoms with Gasteiger partial charge in [-0.05, 0) is 54.5 Å². The van der Waals surface area contributed by atoms with Gasteiger partial charge in [0, 0.05) is 23.7 Å². The Bertz CT molecular complexity index is 399. The van der Waals surface area contributed by atoms with Crippen LogP contribution in [0.1, 0.15) is 36.0 Å². The molecule has 0 spiro atoms. The number of rotatable bonds is 3. The average Bonchev–Trinajstić information content (AvgIpc) is 3.05. The third-order valence-electron chi connectivity index (χ3n) is 3.77. The van der Waals surface area contributed by atoms with E-state index in [9.17, 15) is 0 Å². The van der Waals surface area contributed by atoms with E-state index < -0.39 is 0 Å². The van der Waals surface area contributed by atoms with Crippen LogP contribution >= 0.6 is 11.8 Å². The minimum absolute atomic E-state index is 0.173. The lowest BCUT2D eigenvalue weighted by molar-refractivity contribution is 0.606. The van der Waals surface area contributed by atoms with E-state index >= 15 is 0 Å². The first-order valence-electron chi connectivity index (χ1n) is 6.08. The molecule has 0 radical (unpaired) electrons. The van der Waals surface area contributed by atoms with Crippen molar-refractivity contribution in [3.8, 4) is 0 Å². The molecule has 1 fully saturated rings. The second-order valence-corrected chi connectivity index (χ2v) is 6.21. The zero-order chi connectivity index (χ0) is 11.0. The number of nitrogens with two attached hydrogens (primary N) is 1. The fraction of sp³-hybridized carbons (Fsp3) is 0.615. The van der Waals surface area contributed by atoms with Crippen molar-refractivity contribution in [2.45, 2.75) is 43.4 Å². The Kier molecular flexibility index (Phi) is 2.68. The number of nitrogens with zero attached hydrogens (tertiary/aromatic N) is 1. The molecule has 0 bridgehead atoms. The van der Waals surface area contributed by atoms with E-state index in [1.54, 1.807) is 5.56 Å². The quantitative estimate of drug-likeness (QED) is 0.872. The molecule has 3 heteroatoms. The van der Waals surface area contributed by atoms with Gasteiger partial charge in [-0.15, -0.1) is 0 Å². The summed E-state index contributed by atoms with van der Waals surface area (Å²) in [5, 5.41) is 0. The van der Waals surface area contributed by atoms with Gasteiger partial charge in [0.2, 0.25) is 0 Å². The van der Waals surface area contributed by atoms with E-state index in [4.69, 9.17) is 5.73 Å². The predicted molar refractivity (Wildman–Crippen MR) is 68.6 cm³/mol. The first-order chi connectivity index (χ1) is 7.77. The number of pyridine rings is 1. The summed E-state index contributed by atoms with van der Waals surface area (Å²) in [4.78, 5) is 4.36. The summed E-state index contributed by atoms with van der Waals surface area (Å²) < 4.78 is 0. The summed E-state index contributed by atoms with van der Waals surface area (Å²) in [6.07, 6.45) is 10.0. The van der Waals surface area contributed by atoms with Crippen LogP contribution in [0.5, 0.6) is 0 Å². The first kappa shape index (κ1) is 10.6. The summed E-state index contributed by atoms with van der Waals surface area (Å²) in [6.45, 7) is 0. The molecule has 0 saturated heterocycles. The van der Waals surface area contributed by atoms with Crippen LogP contribution in [0.4, 0.5) is 0 Å². The van der Waals surface area contributed by atoms with Crippen LogP contribution in [0.2, 0.25) is 0 Å². The molecule has 16 heavy (non-hydrogen) atoms. The van der Waals surface area contributed by atoms with Crippen LogP contribution in [-0.2, 0) is 18.6 Å². The summed E-state index contributed by atoms with van der Waals surface area (Å²) in [6, 6.07) is 0. The number of fused-ring (bicyclic) bond motifs is 1. The van der Waals surface area contributed by atoms with Gasteiger partial charge in [0.05, 0.1) is 0 Å². The molecule has 2 N–H and O–H groups in total. The molecule has 2 aliphatic rings. The third kappa shape index (κ3) is 2.11. The lowest BCUT2D eigenvalue weighted by Gasteiger charge is -2.19. The van der Waals surface area contributed by atoms with Crippen molar-refractivity contribution in [1.82, 2.24) is 4.98 Å². The van der Waals surface area contributed by atoms with Gasteiger partial charge in [0.15, 0.2) is 0 Å². The second kappa shape index (κ2) is 4.04. The topological polar surface area (TPSA) is 38.9 Å². The van der Waals surface area contributed by atoms with Gasteiger partial charge in [-0.25, -0.2) is 0 Å². The summed E-state index contributed by atoms with van der Waals surface area (Å²) in [5.41, 5.74) is 10.8. The molecule has 2 nitrogen and oxygen atoms in total. The van der Waals surface area contributed by atoms with Crippen LogP contribution in [0.25, 0.3) is 0 Å². The molecule has 0 atom stereocenters. The molecule has 0 amide bonds. The van der Waals surface area contributed by atoms with Gasteiger partial charge in [0.25, 0.3) is 0 Å². The molecule has 86 valence electrons. The van der Waals surface area contributed by atoms with Gasteiger partial charge in [-0.1, -0.05) is 0 Å². The predicted octanol–water partition coefficient (Wildman–Crippen LogP) is 2.29. The van der Waals surface area contributed by atoms with Crippen LogP contribution < -0.4 is 5.73 Å². The highest BCUT2D eigenvalue weighted by atomic mass is 32.2. The van der Waals surface area contributed by atoms with Crippen molar-refractivity contribution in [3.05, 3.63) is 29.1 Å². The zero-order valence-electron chi connectivity index (χ0n) is 9.54. The number of thioether (sulfide) groups is 1. The van der Waals surface area contributed by atoms with E-state index in [-0.39, 0.29) is 5.54 Å². The Balaban J connectivity index is 1.78. The maximum Gasteiger partial charge on any atom is 0.0311 e. The summed E-state index contributed by atoms with van der Waals surface area (Å²) in [7, 11) is 0. The Morgan fingerprint density at radius 1 is 1.38 bits per heavy atom. The lowest BCUT2D eigenvalue weighted by atomic mass is 9.97. The highest BCUT2D eigenvalue weighted by molar-refractivity contribution is 7.98. The second-order valence-electron chi connectivity index (χ2n) is 5.10. The molecule has 0 aromatic carbocycles. The van der Waals surface area contributed by atoms with Crippen molar-refractivity contribution in [1.29, 1.82) is 0 Å². The third-order valence-corrected chi connectivity index (χ3v) is 4.78. The Morgan fingerprint density at radius 3 is 3.06 bits per heavy atom. The molecule has 1 aromatic heterocycles. The Hall–Kier alpha value is -0.540. The lowest BCUT2D eigenvalue weighted by Crippen LogP contribution is -2.22. The van der Waals surface area contributed by atoms with Crippen molar-refractivity contribution in [2.75, 3.05) is 5.75 Å². The molecule has 1 saturated carbocycles. The fourth-order valence-corrected chi connectivity index (χ4v) is 3.35. The van der Waals surface area contributed by atoms with E-state index in [0.717, 1.165) is 18.6 Å². The highest BCUT2D eigenvalue weighted by Crippen LogP contribution is 2.37. The molecular weight excluding hydrogens is 216 g/mol. The van der Waals surface area contributed by atoms with Crippen molar-refractivity contribution in [2.24, 2.45) is 5.73 Å². The van der Waals surface area contributed by atoms with Gasteiger partial charge >= 0.3 is 0 Å². The Labute approximate surface area is 101 Å². The monoisotopic (exact) mass is 234 g/mol. The van der Waals surface area contributed by atoms with E-state index in [1.807, 2.05) is 18.0 Å². The molecule has 1 aliphatic heterocycles. The number of aromatic nitrogens is 1. The van der Waals surface area contributed by atoms with E-state index in [1.165, 1.54) is 36.1 Å². The smallest absolute Gasteiger partial charge is 0.0311 e. The minimum atomic E-state index is 0.173. The standard InChI is InChI=1S/C13H18N2S/c14-13(4-5-13)3-1-10-7-15-8-11-9-16-6-2-12(10)11/h7-8H,1-6,9,14H2. The number of aryl methyl sites for hydroxylation is 1. The van der Waals surface area contributed by atoms with Gasteiger partial charge in [0.1, 0.15) is 0 Å². The number of hydrogen-bond donors (Lipinski definition) is 1. The van der Waals surface area contributed by atoms with Gasteiger partial charge < -0.3 is 5.73 Å². The van der Waals surface area contributed by atoms with Gasteiger partial charge in [-0.3, -0.25) is 4.98 Å². The molecular formula is C13H18N2S. The average molecular weight is 234 g/mol. The molecule has 3 rings (SSSR count). The van der Waals surface area contributed by atoms with Crippen LogP contribution in [0, 0.1) is 0 Å². The van der Waals surface area contributed by atoms with Crippen molar-refractivity contribution < 1.29 is 0 Å². The van der Waals surface area contributed by atoms with Crippen LogP contribution in [0.15, 0.2) is 12.4 Å². The van der Waals surface area contributed by atoms with E-state index in [0.29, 0.717) is 0 Å². The number of hydrogen-bond acceptors (Lipinski definition) is 3. The zero-order valence-corrected chi connectivity index (χ0v) is 10.4. The maximum atomic E-state index is 6.15.